The van der Waals surface area contributed by atoms with Crippen molar-refractivity contribution < 1.29 is 8.83 Å². The molecule has 0 atom stereocenters. The van der Waals surface area contributed by atoms with Crippen LogP contribution in [0.4, 0.5) is 5.69 Å². The molecule has 3 aromatic rings. The molecule has 0 unspecified atom stereocenters. The standard InChI is InChI=1S/C14H8N2O2/c1-15-10-4-5-11(16-9-10)12-6-7-14(18-12)13-3-2-8-17-13/h2-9H. The Hall–Kier alpha value is -2.80. The molecule has 3 rings (SSSR count). The van der Waals surface area contributed by atoms with Gasteiger partial charge in [0.15, 0.2) is 17.3 Å². The van der Waals surface area contributed by atoms with E-state index in [1.165, 1.54) is 6.20 Å². The highest BCUT2D eigenvalue weighted by atomic mass is 16.4. The van der Waals surface area contributed by atoms with Gasteiger partial charge in [-0.15, -0.1) is 0 Å². The van der Waals surface area contributed by atoms with Gasteiger partial charge in [0, 0.05) is 6.20 Å². The van der Waals surface area contributed by atoms with E-state index in [1.54, 1.807) is 24.5 Å². The van der Waals surface area contributed by atoms with Gasteiger partial charge in [0.25, 0.3) is 0 Å². The van der Waals surface area contributed by atoms with Crippen LogP contribution >= 0.6 is 0 Å². The molecule has 4 heteroatoms. The van der Waals surface area contributed by atoms with Gasteiger partial charge in [-0.1, -0.05) is 6.07 Å². The Morgan fingerprint density at radius 1 is 1.00 bits per heavy atom. The van der Waals surface area contributed by atoms with Gasteiger partial charge in [-0.05, 0) is 30.3 Å². The van der Waals surface area contributed by atoms with Gasteiger partial charge in [0.2, 0.25) is 5.69 Å². The Labute approximate surface area is 103 Å². The van der Waals surface area contributed by atoms with Gasteiger partial charge >= 0.3 is 0 Å². The fraction of sp³-hybridized carbons (Fsp3) is 0. The maximum atomic E-state index is 6.87. The second-order valence-corrected chi connectivity index (χ2v) is 3.65. The molecule has 86 valence electrons. The van der Waals surface area contributed by atoms with Crippen LogP contribution < -0.4 is 0 Å². The fourth-order valence-corrected chi connectivity index (χ4v) is 1.62. The molecular weight excluding hydrogens is 228 g/mol. The van der Waals surface area contributed by atoms with E-state index in [4.69, 9.17) is 15.4 Å². The van der Waals surface area contributed by atoms with Crippen molar-refractivity contribution >= 4 is 5.69 Å². The lowest BCUT2D eigenvalue weighted by molar-refractivity contribution is 0.530. The molecule has 0 saturated heterocycles. The van der Waals surface area contributed by atoms with Crippen LogP contribution in [0.1, 0.15) is 0 Å². The van der Waals surface area contributed by atoms with Crippen LogP contribution in [-0.2, 0) is 0 Å². The van der Waals surface area contributed by atoms with Crippen LogP contribution in [0.15, 0.2) is 57.7 Å². The maximum Gasteiger partial charge on any atom is 0.205 e. The Morgan fingerprint density at radius 3 is 2.56 bits per heavy atom. The molecule has 3 heterocycles. The van der Waals surface area contributed by atoms with E-state index in [0.717, 1.165) is 0 Å². The zero-order valence-electron chi connectivity index (χ0n) is 9.33. The number of hydrogen-bond donors (Lipinski definition) is 0. The Balaban J connectivity index is 1.95. The summed E-state index contributed by atoms with van der Waals surface area (Å²) < 4.78 is 10.9. The smallest absolute Gasteiger partial charge is 0.205 e. The molecule has 0 amide bonds. The van der Waals surface area contributed by atoms with Crippen LogP contribution in [0.2, 0.25) is 0 Å². The van der Waals surface area contributed by atoms with Crippen LogP contribution in [0.5, 0.6) is 0 Å². The van der Waals surface area contributed by atoms with Crippen molar-refractivity contribution in [1.29, 1.82) is 0 Å². The summed E-state index contributed by atoms with van der Waals surface area (Å²) in [6, 6.07) is 10.8. The zero-order chi connectivity index (χ0) is 12.4. The lowest BCUT2D eigenvalue weighted by atomic mass is 10.3. The number of hydrogen-bond acceptors (Lipinski definition) is 3. The van der Waals surface area contributed by atoms with Crippen molar-refractivity contribution in [2.75, 3.05) is 0 Å². The molecule has 0 aromatic carbocycles. The Bertz CT molecular complexity index is 688. The minimum atomic E-state index is 0.511. The van der Waals surface area contributed by atoms with E-state index in [9.17, 15) is 0 Å². The van der Waals surface area contributed by atoms with Crippen molar-refractivity contribution in [2.24, 2.45) is 0 Å². The third-order valence-electron chi connectivity index (χ3n) is 2.50. The van der Waals surface area contributed by atoms with Crippen molar-refractivity contribution in [3.05, 3.63) is 60.3 Å². The van der Waals surface area contributed by atoms with Gasteiger partial charge in [0.05, 0.1) is 12.8 Å². The first-order chi connectivity index (χ1) is 8.86. The second-order valence-electron chi connectivity index (χ2n) is 3.65. The molecule has 0 aliphatic heterocycles. The Morgan fingerprint density at radius 2 is 1.89 bits per heavy atom. The average Bonchev–Trinajstić information content (AvgIpc) is 3.09. The Kier molecular flexibility index (Phi) is 2.43. The highest BCUT2D eigenvalue weighted by molar-refractivity contribution is 5.60. The highest BCUT2D eigenvalue weighted by Crippen LogP contribution is 2.28. The first-order valence-corrected chi connectivity index (χ1v) is 5.34. The summed E-state index contributed by atoms with van der Waals surface area (Å²) in [4.78, 5) is 7.47. The molecule has 3 aromatic heterocycles. The van der Waals surface area contributed by atoms with Crippen molar-refractivity contribution in [3.63, 3.8) is 0 Å². The largest absolute Gasteiger partial charge is 0.461 e. The molecule has 4 nitrogen and oxygen atoms in total. The predicted octanol–water partition coefficient (Wildman–Crippen LogP) is 4.15. The quantitative estimate of drug-likeness (QED) is 0.627. The van der Waals surface area contributed by atoms with E-state index >= 15 is 0 Å². The van der Waals surface area contributed by atoms with Crippen molar-refractivity contribution in [1.82, 2.24) is 4.98 Å². The molecule has 0 fully saturated rings. The normalized spacial score (nSPS) is 10.2. The summed E-state index contributed by atoms with van der Waals surface area (Å²) >= 11 is 0. The third-order valence-corrected chi connectivity index (χ3v) is 2.50. The topological polar surface area (TPSA) is 43.5 Å². The summed E-state index contributed by atoms with van der Waals surface area (Å²) in [6.45, 7) is 6.87. The summed E-state index contributed by atoms with van der Waals surface area (Å²) in [5, 5.41) is 0. The summed E-state index contributed by atoms with van der Waals surface area (Å²) in [5.41, 5.74) is 1.21. The molecule has 0 spiro atoms. The number of aromatic nitrogens is 1. The fourth-order valence-electron chi connectivity index (χ4n) is 1.62. The number of nitrogens with zero attached hydrogens (tertiary/aromatic N) is 2. The lowest BCUT2D eigenvalue weighted by Gasteiger charge is -1.96. The maximum absolute atomic E-state index is 6.87. The third kappa shape index (κ3) is 1.78. The van der Waals surface area contributed by atoms with Crippen LogP contribution in [0.25, 0.3) is 27.8 Å². The van der Waals surface area contributed by atoms with Gasteiger partial charge in [-0.3, -0.25) is 4.98 Å². The monoisotopic (exact) mass is 236 g/mol. The molecule has 0 radical (unpaired) electrons. The minimum Gasteiger partial charge on any atom is -0.461 e. The summed E-state index contributed by atoms with van der Waals surface area (Å²) in [6.07, 6.45) is 3.12. The summed E-state index contributed by atoms with van der Waals surface area (Å²) in [7, 11) is 0. The van der Waals surface area contributed by atoms with Crippen molar-refractivity contribution in [2.45, 2.75) is 0 Å². The first kappa shape index (κ1) is 10.4. The zero-order valence-corrected chi connectivity index (χ0v) is 9.33. The van der Waals surface area contributed by atoms with Crippen molar-refractivity contribution in [3.8, 4) is 23.0 Å². The first-order valence-electron chi connectivity index (χ1n) is 5.34. The minimum absolute atomic E-state index is 0.511. The van der Waals surface area contributed by atoms with E-state index in [1.807, 2.05) is 18.2 Å². The lowest BCUT2D eigenvalue weighted by Crippen LogP contribution is -1.78. The van der Waals surface area contributed by atoms with Gasteiger partial charge in [-0.2, -0.15) is 0 Å². The highest BCUT2D eigenvalue weighted by Gasteiger charge is 2.09. The molecule has 0 aliphatic carbocycles. The average molecular weight is 236 g/mol. The molecular formula is C14H8N2O2. The van der Waals surface area contributed by atoms with E-state index in [0.29, 0.717) is 28.7 Å². The van der Waals surface area contributed by atoms with Gasteiger partial charge < -0.3 is 8.83 Å². The second kappa shape index (κ2) is 4.22. The van der Waals surface area contributed by atoms with Crippen LogP contribution in [-0.4, -0.2) is 4.98 Å². The number of pyridine rings is 1. The van der Waals surface area contributed by atoms with E-state index in [-0.39, 0.29) is 0 Å². The van der Waals surface area contributed by atoms with E-state index in [2.05, 4.69) is 9.83 Å². The molecule has 0 N–H and O–H groups in total. The summed E-state index contributed by atoms with van der Waals surface area (Å²) in [5.74, 6) is 1.99. The molecule has 0 aliphatic rings. The van der Waals surface area contributed by atoms with Crippen LogP contribution in [0.3, 0.4) is 0 Å². The molecule has 0 saturated carbocycles. The molecule has 0 bridgehead atoms. The van der Waals surface area contributed by atoms with E-state index < -0.39 is 0 Å². The van der Waals surface area contributed by atoms with Gasteiger partial charge in [-0.25, -0.2) is 4.85 Å². The van der Waals surface area contributed by atoms with Crippen LogP contribution in [0, 0.1) is 6.57 Å². The number of rotatable bonds is 2. The molecule has 18 heavy (non-hydrogen) atoms. The SMILES string of the molecule is [C-]#[N+]c1ccc(-c2ccc(-c3ccco3)o2)nc1. The predicted molar refractivity (Wildman–Crippen MR) is 65.9 cm³/mol. The number of furan rings is 2. The van der Waals surface area contributed by atoms with Gasteiger partial charge in [0.1, 0.15) is 5.69 Å².